The van der Waals surface area contributed by atoms with E-state index >= 15 is 0 Å². The van der Waals surface area contributed by atoms with Crippen molar-refractivity contribution in [2.45, 2.75) is 103 Å². The lowest BCUT2D eigenvalue weighted by Crippen LogP contribution is -2.61. The zero-order chi connectivity index (χ0) is 34.6. The second-order valence-electron chi connectivity index (χ2n) is 15.1. The molecule has 4 aliphatic carbocycles. The predicted octanol–water partition coefficient (Wildman–Crippen LogP) is 1.43. The molecule has 48 heavy (non-hydrogen) atoms. The van der Waals surface area contributed by atoms with E-state index in [4.69, 9.17) is 0 Å². The van der Waals surface area contributed by atoms with Crippen molar-refractivity contribution < 1.29 is 28.8 Å². The van der Waals surface area contributed by atoms with Crippen molar-refractivity contribution in [1.29, 1.82) is 0 Å². The summed E-state index contributed by atoms with van der Waals surface area (Å²) in [6.45, 7) is 5.11. The average Bonchev–Trinajstić information content (AvgIpc) is 3.03. The van der Waals surface area contributed by atoms with Gasteiger partial charge < -0.3 is 31.5 Å². The molecule has 4 saturated carbocycles. The van der Waals surface area contributed by atoms with Crippen LogP contribution >= 0.6 is 0 Å². The Bertz CT molecular complexity index is 1350. The van der Waals surface area contributed by atoms with Crippen LogP contribution in [0.15, 0.2) is 30.3 Å². The Labute approximate surface area is 283 Å². The Morgan fingerprint density at radius 1 is 0.896 bits per heavy atom. The van der Waals surface area contributed by atoms with Gasteiger partial charge in [-0.2, -0.15) is 0 Å². The molecule has 262 valence electrons. The molecule has 12 heteroatoms. The molecule has 5 fully saturated rings. The highest BCUT2D eigenvalue weighted by Gasteiger charge is 2.55. The van der Waals surface area contributed by atoms with Crippen LogP contribution in [-0.4, -0.2) is 84.6 Å². The SMILES string of the molecule is CC(C)[C@H]1NC(=O)[C@@H](NC(=O)C23CC4CC(CC(C4)C2)C3)CCCNC(=O)CN(C)C(=O)[C@H](Cc2ccccc2)NC(=O)[C@@H](C)NC1=O. The number of benzene rings is 1. The van der Waals surface area contributed by atoms with Crippen LogP contribution in [0.3, 0.4) is 0 Å². The van der Waals surface area contributed by atoms with E-state index in [9.17, 15) is 28.8 Å². The molecular weight excluding hydrogens is 612 g/mol. The van der Waals surface area contributed by atoms with Crippen LogP contribution in [0.25, 0.3) is 0 Å². The maximum absolute atomic E-state index is 13.9. The highest BCUT2D eigenvalue weighted by Crippen LogP contribution is 2.60. The summed E-state index contributed by atoms with van der Waals surface area (Å²) >= 11 is 0. The number of amides is 6. The third-order valence-corrected chi connectivity index (χ3v) is 10.8. The minimum absolute atomic E-state index is 0.0889. The molecule has 6 amide bonds. The van der Waals surface area contributed by atoms with Gasteiger partial charge in [0, 0.05) is 25.4 Å². The predicted molar refractivity (Wildman–Crippen MR) is 179 cm³/mol. The van der Waals surface area contributed by atoms with Crippen LogP contribution in [0.1, 0.15) is 77.7 Å². The standard InChI is InChI=1S/C36H52N6O6/c1-21(2)30-33(46)38-22(3)31(44)39-28(16-23-9-6-5-7-10-23)34(47)42(4)20-29(43)37-12-8-11-27(32(45)41-30)40-35(48)36-17-24-13-25(18-36)15-26(14-24)19-36/h5-7,9-10,21-22,24-28,30H,8,11-20H2,1-4H3,(H,37,43)(H,38,46)(H,39,44)(H,40,48)(H,41,45)/t22-,24?,25?,26?,27+,28+,30-,36?/m1/s1. The van der Waals surface area contributed by atoms with Gasteiger partial charge in [-0.3, -0.25) is 28.8 Å². The van der Waals surface area contributed by atoms with E-state index in [1.807, 2.05) is 30.3 Å². The first-order chi connectivity index (χ1) is 22.8. The number of hydrogen-bond acceptors (Lipinski definition) is 6. The van der Waals surface area contributed by atoms with Gasteiger partial charge in [0.2, 0.25) is 35.4 Å². The zero-order valence-electron chi connectivity index (χ0n) is 28.7. The fourth-order valence-corrected chi connectivity index (χ4v) is 8.62. The number of nitrogens with zero attached hydrogens (tertiary/aromatic N) is 1. The molecule has 4 bridgehead atoms. The van der Waals surface area contributed by atoms with Gasteiger partial charge in [-0.05, 0) is 87.5 Å². The first-order valence-corrected chi connectivity index (χ1v) is 17.6. The first-order valence-electron chi connectivity index (χ1n) is 17.6. The third kappa shape index (κ3) is 8.36. The Morgan fingerprint density at radius 2 is 1.52 bits per heavy atom. The fourth-order valence-electron chi connectivity index (χ4n) is 8.62. The number of likely N-dealkylation sites (N-methyl/N-ethyl adjacent to an activating group) is 1. The molecule has 1 heterocycles. The molecule has 5 aliphatic rings. The Balaban J connectivity index is 1.33. The van der Waals surface area contributed by atoms with Gasteiger partial charge in [-0.25, -0.2) is 0 Å². The molecule has 0 radical (unpaired) electrons. The van der Waals surface area contributed by atoms with Gasteiger partial charge >= 0.3 is 0 Å². The Kier molecular flexibility index (Phi) is 11.1. The lowest BCUT2D eigenvalue weighted by molar-refractivity contribution is -0.148. The average molecular weight is 665 g/mol. The van der Waals surface area contributed by atoms with Crippen molar-refractivity contribution in [2.75, 3.05) is 20.1 Å². The summed E-state index contributed by atoms with van der Waals surface area (Å²) in [6, 6.07) is 5.33. The van der Waals surface area contributed by atoms with Crippen LogP contribution in [0.4, 0.5) is 0 Å². The maximum atomic E-state index is 13.9. The number of carbonyl (C=O) groups excluding carboxylic acids is 6. The minimum Gasteiger partial charge on any atom is -0.355 e. The van der Waals surface area contributed by atoms with E-state index in [-0.39, 0.29) is 43.7 Å². The molecule has 0 unspecified atom stereocenters. The Morgan fingerprint density at radius 3 is 2.12 bits per heavy atom. The highest BCUT2D eigenvalue weighted by molar-refractivity contribution is 5.96. The number of hydrogen-bond donors (Lipinski definition) is 5. The van der Waals surface area contributed by atoms with Crippen molar-refractivity contribution in [2.24, 2.45) is 29.1 Å². The second kappa shape index (κ2) is 15.1. The zero-order valence-corrected chi connectivity index (χ0v) is 28.7. The molecular formula is C36H52N6O6. The van der Waals surface area contributed by atoms with Crippen molar-refractivity contribution in [3.8, 4) is 0 Å². The maximum Gasteiger partial charge on any atom is 0.245 e. The quantitative estimate of drug-likeness (QED) is 0.320. The van der Waals surface area contributed by atoms with Gasteiger partial charge in [0.25, 0.3) is 0 Å². The summed E-state index contributed by atoms with van der Waals surface area (Å²) in [7, 11) is 1.50. The molecule has 4 atom stereocenters. The van der Waals surface area contributed by atoms with E-state index in [2.05, 4.69) is 26.6 Å². The second-order valence-corrected chi connectivity index (χ2v) is 15.1. The molecule has 1 aliphatic heterocycles. The van der Waals surface area contributed by atoms with Crippen LogP contribution in [0.2, 0.25) is 0 Å². The van der Waals surface area contributed by atoms with E-state index in [1.54, 1.807) is 13.8 Å². The van der Waals surface area contributed by atoms with Crippen molar-refractivity contribution in [3.05, 3.63) is 35.9 Å². The summed E-state index contributed by atoms with van der Waals surface area (Å²) in [6.07, 6.45) is 6.96. The van der Waals surface area contributed by atoms with Gasteiger partial charge in [-0.1, -0.05) is 44.2 Å². The lowest BCUT2D eigenvalue weighted by Gasteiger charge is -2.55. The smallest absolute Gasteiger partial charge is 0.245 e. The normalized spacial score (nSPS) is 33.6. The fraction of sp³-hybridized carbons (Fsp3) is 0.667. The molecule has 0 spiro atoms. The molecule has 5 N–H and O–H groups in total. The van der Waals surface area contributed by atoms with Crippen molar-refractivity contribution in [3.63, 3.8) is 0 Å². The van der Waals surface area contributed by atoms with Crippen LogP contribution in [-0.2, 0) is 35.2 Å². The van der Waals surface area contributed by atoms with E-state index in [0.717, 1.165) is 24.8 Å². The van der Waals surface area contributed by atoms with E-state index in [1.165, 1.54) is 38.1 Å². The van der Waals surface area contributed by atoms with Gasteiger partial charge in [0.15, 0.2) is 0 Å². The van der Waals surface area contributed by atoms with Crippen molar-refractivity contribution in [1.82, 2.24) is 31.5 Å². The Hall–Kier alpha value is -3.96. The third-order valence-electron chi connectivity index (χ3n) is 10.8. The van der Waals surface area contributed by atoms with E-state index in [0.29, 0.717) is 24.2 Å². The van der Waals surface area contributed by atoms with Crippen molar-refractivity contribution >= 4 is 35.4 Å². The van der Waals surface area contributed by atoms with E-state index < -0.39 is 53.2 Å². The molecule has 12 nitrogen and oxygen atoms in total. The van der Waals surface area contributed by atoms with Crippen LogP contribution in [0, 0.1) is 29.1 Å². The van der Waals surface area contributed by atoms with Gasteiger partial charge in [-0.15, -0.1) is 0 Å². The molecule has 1 aromatic carbocycles. The van der Waals surface area contributed by atoms with Crippen LogP contribution in [0.5, 0.6) is 0 Å². The molecule has 1 aromatic rings. The molecule has 1 saturated heterocycles. The largest absolute Gasteiger partial charge is 0.355 e. The molecule has 0 aromatic heterocycles. The molecule has 6 rings (SSSR count). The number of carbonyl (C=O) groups is 6. The highest BCUT2D eigenvalue weighted by atomic mass is 16.2. The monoisotopic (exact) mass is 664 g/mol. The lowest BCUT2D eigenvalue weighted by atomic mass is 9.49. The summed E-state index contributed by atoms with van der Waals surface area (Å²) < 4.78 is 0. The minimum atomic E-state index is -1.03. The number of nitrogens with one attached hydrogen (secondary N) is 5. The van der Waals surface area contributed by atoms with Gasteiger partial charge in [0.1, 0.15) is 24.2 Å². The first kappa shape index (κ1) is 35.3. The summed E-state index contributed by atoms with van der Waals surface area (Å²) in [4.78, 5) is 82.3. The van der Waals surface area contributed by atoms with Crippen LogP contribution < -0.4 is 26.6 Å². The summed E-state index contributed by atoms with van der Waals surface area (Å²) in [5.41, 5.74) is 0.364. The topological polar surface area (TPSA) is 166 Å². The summed E-state index contributed by atoms with van der Waals surface area (Å²) in [5, 5.41) is 14.2. The summed E-state index contributed by atoms with van der Waals surface area (Å²) in [5.74, 6) is -1.15. The van der Waals surface area contributed by atoms with Gasteiger partial charge in [0.05, 0.1) is 6.54 Å². The number of rotatable bonds is 5.